The standard InChI is InChI=1S/C16H31NO/c1-5-16(6-2)13(17)11-14(16)18-12-7-9-15(3,4)10-8-12/h12-14H,5-11,17H2,1-4H3. The van der Waals surface area contributed by atoms with Gasteiger partial charge in [0.05, 0.1) is 12.2 Å². The monoisotopic (exact) mass is 253 g/mol. The highest BCUT2D eigenvalue weighted by molar-refractivity contribution is 5.05. The third-order valence-corrected chi connectivity index (χ3v) is 5.81. The molecule has 2 rings (SSSR count). The van der Waals surface area contributed by atoms with E-state index in [0.29, 0.717) is 23.7 Å². The van der Waals surface area contributed by atoms with Gasteiger partial charge < -0.3 is 10.5 Å². The fourth-order valence-electron chi connectivity index (χ4n) is 3.94. The second-order valence-corrected chi connectivity index (χ2v) is 7.27. The summed E-state index contributed by atoms with van der Waals surface area (Å²) in [6.45, 7) is 9.29. The first kappa shape index (κ1) is 14.3. The lowest BCUT2D eigenvalue weighted by atomic mass is 9.59. The Morgan fingerprint density at radius 1 is 1.11 bits per heavy atom. The van der Waals surface area contributed by atoms with Gasteiger partial charge in [0.25, 0.3) is 0 Å². The third-order valence-electron chi connectivity index (χ3n) is 5.81. The van der Waals surface area contributed by atoms with Crippen molar-refractivity contribution in [1.29, 1.82) is 0 Å². The second kappa shape index (κ2) is 5.13. The minimum Gasteiger partial charge on any atom is -0.374 e. The maximum absolute atomic E-state index is 6.41. The fourth-order valence-corrected chi connectivity index (χ4v) is 3.94. The lowest BCUT2D eigenvalue weighted by Crippen LogP contribution is -2.62. The Morgan fingerprint density at radius 3 is 2.11 bits per heavy atom. The van der Waals surface area contributed by atoms with Crippen LogP contribution in [-0.2, 0) is 4.74 Å². The van der Waals surface area contributed by atoms with Crippen LogP contribution in [0.1, 0.15) is 72.6 Å². The van der Waals surface area contributed by atoms with Crippen LogP contribution in [0.4, 0.5) is 0 Å². The van der Waals surface area contributed by atoms with E-state index in [9.17, 15) is 0 Å². The first-order chi connectivity index (χ1) is 8.43. The molecule has 2 aliphatic rings. The Kier molecular flexibility index (Phi) is 4.08. The molecule has 0 aromatic carbocycles. The molecule has 0 aromatic heterocycles. The van der Waals surface area contributed by atoms with E-state index in [0.717, 1.165) is 19.3 Å². The van der Waals surface area contributed by atoms with Gasteiger partial charge in [0.2, 0.25) is 0 Å². The fraction of sp³-hybridized carbons (Fsp3) is 1.00. The average molecular weight is 253 g/mol. The summed E-state index contributed by atoms with van der Waals surface area (Å²) in [7, 11) is 0. The molecule has 2 atom stereocenters. The van der Waals surface area contributed by atoms with Crippen molar-refractivity contribution < 1.29 is 4.74 Å². The Balaban J connectivity index is 1.88. The minimum atomic E-state index is 0.271. The molecule has 0 heterocycles. The summed E-state index contributed by atoms with van der Waals surface area (Å²) in [4.78, 5) is 0. The molecule has 2 fully saturated rings. The second-order valence-electron chi connectivity index (χ2n) is 7.27. The van der Waals surface area contributed by atoms with Crippen molar-refractivity contribution in [2.75, 3.05) is 0 Å². The predicted molar refractivity (Wildman–Crippen MR) is 76.5 cm³/mol. The van der Waals surface area contributed by atoms with Gasteiger partial charge >= 0.3 is 0 Å². The molecule has 106 valence electrons. The molecular weight excluding hydrogens is 222 g/mol. The molecule has 2 N–H and O–H groups in total. The van der Waals surface area contributed by atoms with Crippen LogP contribution in [0.3, 0.4) is 0 Å². The largest absolute Gasteiger partial charge is 0.374 e. The van der Waals surface area contributed by atoms with Crippen LogP contribution in [-0.4, -0.2) is 18.2 Å². The smallest absolute Gasteiger partial charge is 0.0664 e. The highest BCUT2D eigenvalue weighted by atomic mass is 16.5. The maximum Gasteiger partial charge on any atom is 0.0664 e. The lowest BCUT2D eigenvalue weighted by Gasteiger charge is -2.55. The zero-order chi connectivity index (χ0) is 13.4. The van der Waals surface area contributed by atoms with Crippen molar-refractivity contribution in [3.05, 3.63) is 0 Å². The topological polar surface area (TPSA) is 35.2 Å². The van der Waals surface area contributed by atoms with Gasteiger partial charge in [-0.15, -0.1) is 0 Å². The molecule has 0 saturated heterocycles. The quantitative estimate of drug-likeness (QED) is 0.825. The molecule has 2 heteroatoms. The number of rotatable bonds is 4. The van der Waals surface area contributed by atoms with Gasteiger partial charge in [0.1, 0.15) is 0 Å². The van der Waals surface area contributed by atoms with E-state index in [1.54, 1.807) is 0 Å². The predicted octanol–water partition coefficient (Wildman–Crippen LogP) is 3.88. The molecule has 2 nitrogen and oxygen atoms in total. The summed E-state index contributed by atoms with van der Waals surface area (Å²) in [5, 5.41) is 0. The number of hydrogen-bond acceptors (Lipinski definition) is 2. The molecule has 0 aromatic rings. The summed E-state index contributed by atoms with van der Waals surface area (Å²) in [5.74, 6) is 0. The van der Waals surface area contributed by atoms with E-state index >= 15 is 0 Å². The van der Waals surface area contributed by atoms with E-state index in [-0.39, 0.29) is 5.41 Å². The summed E-state index contributed by atoms with van der Waals surface area (Å²) in [6.07, 6.45) is 9.40. The van der Waals surface area contributed by atoms with E-state index in [2.05, 4.69) is 27.7 Å². The zero-order valence-corrected chi connectivity index (χ0v) is 12.7. The van der Waals surface area contributed by atoms with Crippen LogP contribution in [0.5, 0.6) is 0 Å². The molecule has 0 amide bonds. The van der Waals surface area contributed by atoms with E-state index in [4.69, 9.17) is 10.5 Å². The maximum atomic E-state index is 6.41. The van der Waals surface area contributed by atoms with Gasteiger partial charge in [0, 0.05) is 11.5 Å². The molecule has 0 radical (unpaired) electrons. The lowest BCUT2D eigenvalue weighted by molar-refractivity contribution is -0.168. The summed E-state index contributed by atoms with van der Waals surface area (Å²) < 4.78 is 6.41. The van der Waals surface area contributed by atoms with Crippen LogP contribution in [0.25, 0.3) is 0 Å². The molecule has 2 unspecified atom stereocenters. The van der Waals surface area contributed by atoms with Gasteiger partial charge in [-0.1, -0.05) is 27.7 Å². The summed E-state index contributed by atoms with van der Waals surface area (Å²) in [6, 6.07) is 0.359. The first-order valence-corrected chi connectivity index (χ1v) is 7.84. The van der Waals surface area contributed by atoms with Crippen LogP contribution in [0.2, 0.25) is 0 Å². The zero-order valence-electron chi connectivity index (χ0n) is 12.7. The Hall–Kier alpha value is -0.0800. The molecular formula is C16H31NO. The van der Waals surface area contributed by atoms with Crippen LogP contribution in [0, 0.1) is 10.8 Å². The van der Waals surface area contributed by atoms with Gasteiger partial charge in [0.15, 0.2) is 0 Å². The SMILES string of the molecule is CCC1(CC)C(N)CC1OC1CCC(C)(C)CC1. The molecule has 2 aliphatic carbocycles. The van der Waals surface area contributed by atoms with Crippen molar-refractivity contribution >= 4 is 0 Å². The summed E-state index contributed by atoms with van der Waals surface area (Å²) >= 11 is 0. The Labute approximate surface area is 113 Å². The van der Waals surface area contributed by atoms with Gasteiger partial charge in [-0.25, -0.2) is 0 Å². The van der Waals surface area contributed by atoms with Crippen molar-refractivity contribution in [1.82, 2.24) is 0 Å². The molecule has 0 spiro atoms. The van der Waals surface area contributed by atoms with Crippen LogP contribution < -0.4 is 5.73 Å². The van der Waals surface area contributed by atoms with E-state index < -0.39 is 0 Å². The third kappa shape index (κ3) is 2.46. The average Bonchev–Trinajstić information content (AvgIpc) is 2.32. The van der Waals surface area contributed by atoms with Crippen molar-refractivity contribution in [3.8, 4) is 0 Å². The van der Waals surface area contributed by atoms with Gasteiger partial charge in [-0.05, 0) is 50.4 Å². The molecule has 18 heavy (non-hydrogen) atoms. The minimum absolute atomic E-state index is 0.271. The highest BCUT2D eigenvalue weighted by Crippen LogP contribution is 2.49. The molecule has 0 bridgehead atoms. The van der Waals surface area contributed by atoms with Crippen molar-refractivity contribution in [2.24, 2.45) is 16.6 Å². The Bertz CT molecular complexity index is 273. The van der Waals surface area contributed by atoms with Crippen LogP contribution >= 0.6 is 0 Å². The number of ether oxygens (including phenoxy) is 1. The number of nitrogens with two attached hydrogens (primary N) is 1. The van der Waals surface area contributed by atoms with Crippen LogP contribution in [0.15, 0.2) is 0 Å². The highest BCUT2D eigenvalue weighted by Gasteiger charge is 2.52. The van der Waals surface area contributed by atoms with Crippen molar-refractivity contribution in [3.63, 3.8) is 0 Å². The van der Waals surface area contributed by atoms with Gasteiger partial charge in [-0.2, -0.15) is 0 Å². The molecule has 2 saturated carbocycles. The molecule has 0 aliphatic heterocycles. The first-order valence-electron chi connectivity index (χ1n) is 7.84. The van der Waals surface area contributed by atoms with Gasteiger partial charge in [-0.3, -0.25) is 0 Å². The van der Waals surface area contributed by atoms with Crippen molar-refractivity contribution in [2.45, 2.75) is 90.9 Å². The normalized spacial score (nSPS) is 35.2. The van der Waals surface area contributed by atoms with E-state index in [1.807, 2.05) is 0 Å². The van der Waals surface area contributed by atoms with E-state index in [1.165, 1.54) is 25.7 Å². The Morgan fingerprint density at radius 2 is 1.67 bits per heavy atom. The number of hydrogen-bond donors (Lipinski definition) is 1. The summed E-state index contributed by atoms with van der Waals surface area (Å²) in [5.41, 5.74) is 7.04.